The quantitative estimate of drug-likeness (QED) is 0.175. The fraction of sp³-hybridized carbons (Fsp3) is 0.429. The minimum atomic E-state index is -1.18. The van der Waals surface area contributed by atoms with Crippen LogP contribution >= 0.6 is 34.4 Å². The number of nitrogen functional groups attached to an aromatic ring is 1. The number of nitrogens with two attached hydrogens (primary N) is 1. The van der Waals surface area contributed by atoms with E-state index in [0.29, 0.717) is 17.9 Å². The Bertz CT molecular complexity index is 1270. The summed E-state index contributed by atoms with van der Waals surface area (Å²) in [4.78, 5) is 50.6. The molecule has 4 N–H and O–H groups in total. The Balaban J connectivity index is 1.52. The number of hydrogen-bond acceptors (Lipinski definition) is 11. The fourth-order valence-corrected chi connectivity index (χ4v) is 6.76. The minimum Gasteiger partial charge on any atom is -0.477 e. The second-order valence-electron chi connectivity index (χ2n) is 8.12. The molecule has 2 aromatic heterocycles. The molecule has 0 bridgehead atoms. The molecule has 1 saturated heterocycles. The maximum atomic E-state index is 13.1. The van der Waals surface area contributed by atoms with Crippen molar-refractivity contribution in [2.75, 3.05) is 36.6 Å². The Labute approximate surface area is 219 Å². The van der Waals surface area contributed by atoms with Crippen LogP contribution in [0.1, 0.15) is 18.3 Å². The number of amides is 2. The van der Waals surface area contributed by atoms with Crippen LogP contribution in [0.3, 0.4) is 0 Å². The molecule has 1 unspecified atom stereocenters. The van der Waals surface area contributed by atoms with E-state index in [1.165, 1.54) is 16.7 Å². The van der Waals surface area contributed by atoms with Crippen LogP contribution in [0.15, 0.2) is 27.2 Å². The summed E-state index contributed by atoms with van der Waals surface area (Å²) in [6.07, 6.45) is 0. The zero-order valence-electron chi connectivity index (χ0n) is 20.0. The highest BCUT2D eigenvalue weighted by atomic mass is 32.2. The first kappa shape index (κ1) is 25.9. The molecule has 2 aromatic rings. The molecule has 1 fully saturated rings. The molecule has 0 saturated carbocycles. The molecule has 4 heterocycles. The van der Waals surface area contributed by atoms with Gasteiger partial charge in [0.15, 0.2) is 10.8 Å². The number of thioether (sulfide) groups is 1. The average molecular weight is 553 g/mol. The molecule has 4 rings (SSSR count). The van der Waals surface area contributed by atoms with E-state index in [2.05, 4.69) is 15.5 Å². The number of aliphatic carboxylic acids is 1. The van der Waals surface area contributed by atoms with Gasteiger partial charge in [0, 0.05) is 22.1 Å². The van der Waals surface area contributed by atoms with Crippen LogP contribution in [0.5, 0.6) is 0 Å². The van der Waals surface area contributed by atoms with Crippen LogP contribution in [0, 0.1) is 6.92 Å². The smallest absolute Gasteiger partial charge is 0.352 e. The summed E-state index contributed by atoms with van der Waals surface area (Å²) in [6.45, 7) is 4.30. The molecule has 12 nitrogen and oxygen atoms in total. The zero-order valence-corrected chi connectivity index (χ0v) is 22.5. The molecule has 2 aliphatic rings. The van der Waals surface area contributed by atoms with Crippen LogP contribution in [-0.4, -0.2) is 75.9 Å². The van der Waals surface area contributed by atoms with Crippen molar-refractivity contribution in [1.82, 2.24) is 15.2 Å². The number of thiazole rings is 2. The van der Waals surface area contributed by atoms with Crippen LogP contribution in [-0.2, 0) is 26.3 Å². The number of hydrogen-bond donors (Lipinski definition) is 3. The van der Waals surface area contributed by atoms with Crippen molar-refractivity contribution in [2.24, 2.45) is 12.2 Å². The number of oxime groups is 1. The van der Waals surface area contributed by atoms with Gasteiger partial charge in [-0.1, -0.05) is 16.5 Å². The number of carboxylic acids is 1. The van der Waals surface area contributed by atoms with Crippen molar-refractivity contribution < 1.29 is 28.9 Å². The number of carbonyl (C=O) groups excluding carboxylic acids is 2. The summed E-state index contributed by atoms with van der Waals surface area (Å²) in [6, 6.07) is -0.906. The maximum Gasteiger partial charge on any atom is 0.352 e. The van der Waals surface area contributed by atoms with E-state index in [1.54, 1.807) is 23.6 Å². The molecule has 0 aromatic carbocycles. The van der Waals surface area contributed by atoms with E-state index in [-0.39, 0.29) is 28.8 Å². The highest BCUT2D eigenvalue weighted by Gasteiger charge is 2.54. The molecule has 0 aliphatic carbocycles. The summed E-state index contributed by atoms with van der Waals surface area (Å²) in [5, 5.41) is 20.8. The van der Waals surface area contributed by atoms with Gasteiger partial charge in [-0.25, -0.2) is 14.3 Å². The molecule has 0 spiro atoms. The van der Waals surface area contributed by atoms with Gasteiger partial charge in [0.05, 0.1) is 14.1 Å². The third kappa shape index (κ3) is 4.77. The average Bonchev–Trinajstić information content (AvgIpc) is 3.42. The zero-order chi connectivity index (χ0) is 26.1. The SMILES string of the molecule is CCO/N=C(/C(=O)NC1C(=O)N2C(C(=O)O)=C(CN(C)c3scc(C)[n+]3C)CS[C@H]12)c1csc(N)n1. The van der Waals surface area contributed by atoms with Crippen LogP contribution in [0.25, 0.3) is 0 Å². The lowest BCUT2D eigenvalue weighted by Crippen LogP contribution is -2.71. The summed E-state index contributed by atoms with van der Waals surface area (Å²) in [5.41, 5.74) is 7.50. The van der Waals surface area contributed by atoms with E-state index in [0.717, 1.165) is 22.2 Å². The summed E-state index contributed by atoms with van der Waals surface area (Å²) < 4.78 is 2.03. The number of β-lactam (4-membered cyclic amide) rings is 1. The molecule has 0 radical (unpaired) electrons. The topological polar surface area (TPSA) is 154 Å². The summed E-state index contributed by atoms with van der Waals surface area (Å²) in [5.74, 6) is -1.92. The van der Waals surface area contributed by atoms with E-state index in [9.17, 15) is 19.5 Å². The number of carboxylic acid groups (broad SMARTS) is 1. The second-order valence-corrected chi connectivity index (χ2v) is 11.0. The van der Waals surface area contributed by atoms with Gasteiger partial charge in [-0.3, -0.25) is 19.4 Å². The Morgan fingerprint density at radius 2 is 2.17 bits per heavy atom. The van der Waals surface area contributed by atoms with E-state index in [4.69, 9.17) is 10.6 Å². The molecular weight excluding hydrogens is 526 g/mol. The van der Waals surface area contributed by atoms with Gasteiger partial charge in [0.25, 0.3) is 11.8 Å². The lowest BCUT2D eigenvalue weighted by atomic mass is 10.0. The number of fused-ring (bicyclic) bond motifs is 1. The van der Waals surface area contributed by atoms with Crippen molar-refractivity contribution in [3.05, 3.63) is 33.4 Å². The normalized spacial score (nSPS) is 19.6. The Hall–Kier alpha value is -3.17. The lowest BCUT2D eigenvalue weighted by Gasteiger charge is -2.49. The van der Waals surface area contributed by atoms with Gasteiger partial charge in [0.2, 0.25) is 0 Å². The van der Waals surface area contributed by atoms with E-state index in [1.807, 2.05) is 35.9 Å². The molecule has 192 valence electrons. The third-order valence-corrected chi connectivity index (χ3v) is 8.98. The molecule has 2 amide bonds. The Morgan fingerprint density at radius 3 is 2.75 bits per heavy atom. The van der Waals surface area contributed by atoms with E-state index >= 15 is 0 Å². The first-order valence-electron chi connectivity index (χ1n) is 10.9. The van der Waals surface area contributed by atoms with Gasteiger partial charge in [0.1, 0.15) is 41.7 Å². The number of nitrogens with one attached hydrogen (secondary N) is 1. The number of aromatic nitrogens is 2. The molecule has 15 heteroatoms. The van der Waals surface area contributed by atoms with Gasteiger partial charge < -0.3 is 21.0 Å². The highest BCUT2D eigenvalue weighted by Crippen LogP contribution is 2.40. The number of carbonyl (C=O) groups is 3. The van der Waals surface area contributed by atoms with Crippen molar-refractivity contribution in [2.45, 2.75) is 25.3 Å². The lowest BCUT2D eigenvalue weighted by molar-refractivity contribution is -0.660. The van der Waals surface area contributed by atoms with Crippen molar-refractivity contribution in [1.29, 1.82) is 0 Å². The first-order valence-corrected chi connectivity index (χ1v) is 13.7. The van der Waals surface area contributed by atoms with E-state index < -0.39 is 29.2 Å². The largest absolute Gasteiger partial charge is 0.477 e. The van der Waals surface area contributed by atoms with Crippen LogP contribution in [0.2, 0.25) is 0 Å². The number of nitrogens with zero attached hydrogens (tertiary/aromatic N) is 5. The van der Waals surface area contributed by atoms with Gasteiger partial charge in [-0.05, 0) is 13.8 Å². The number of anilines is 2. The fourth-order valence-electron chi connectivity index (χ4n) is 3.89. The minimum absolute atomic E-state index is 0.0347. The van der Waals surface area contributed by atoms with Gasteiger partial charge >= 0.3 is 11.1 Å². The predicted molar refractivity (Wildman–Crippen MR) is 138 cm³/mol. The standard InChI is InChI=1S/C21H25N7O5S3/c1-5-33-25-13(12-9-35-20(22)23-12)16(29)24-14-17(30)28-15(19(31)32)11(8-34-18(14)28)6-26(3)21-27(4)10(2)7-36-21/h7,9,14,18H,5-6,8H2,1-4H3,(H3-,22,23,24,29,31,32)/p+1/b25-13+/t14?,18-/m1/s1. The second kappa shape index (κ2) is 10.4. The van der Waals surface area contributed by atoms with Crippen molar-refractivity contribution in [3.63, 3.8) is 0 Å². The van der Waals surface area contributed by atoms with Crippen LogP contribution in [0.4, 0.5) is 10.3 Å². The Kier molecular flexibility index (Phi) is 7.51. The molecule has 2 aliphatic heterocycles. The Morgan fingerprint density at radius 1 is 1.42 bits per heavy atom. The first-order chi connectivity index (χ1) is 17.1. The van der Waals surface area contributed by atoms with Crippen molar-refractivity contribution in [3.8, 4) is 0 Å². The monoisotopic (exact) mass is 552 g/mol. The predicted octanol–water partition coefficient (Wildman–Crippen LogP) is 0.535. The van der Waals surface area contributed by atoms with Gasteiger partial charge in [-0.15, -0.1) is 23.1 Å². The maximum absolute atomic E-state index is 13.1. The molecule has 36 heavy (non-hydrogen) atoms. The molecule has 2 atom stereocenters. The van der Waals surface area contributed by atoms with Gasteiger partial charge in [-0.2, -0.15) is 0 Å². The number of aryl methyl sites for hydroxylation is 1. The van der Waals surface area contributed by atoms with Crippen LogP contribution < -0.4 is 20.5 Å². The molecular formula is C21H26N7O5S3+. The number of likely N-dealkylation sites (N-methyl/N-ethyl adjacent to an activating group) is 1. The van der Waals surface area contributed by atoms with Crippen molar-refractivity contribution >= 4 is 68.2 Å². The summed E-state index contributed by atoms with van der Waals surface area (Å²) in [7, 11) is 3.84. The highest BCUT2D eigenvalue weighted by molar-refractivity contribution is 8.00. The third-order valence-electron chi connectivity index (χ3n) is 5.71. The number of rotatable bonds is 9. The summed E-state index contributed by atoms with van der Waals surface area (Å²) >= 11 is 4.12.